The highest BCUT2D eigenvalue weighted by Gasteiger charge is 2.27. The highest BCUT2D eigenvalue weighted by molar-refractivity contribution is 5.74. The van der Waals surface area contributed by atoms with Crippen molar-refractivity contribution in [2.45, 2.75) is 38.3 Å². The summed E-state index contributed by atoms with van der Waals surface area (Å²) in [6.07, 6.45) is 11.0. The Kier molecular flexibility index (Phi) is 3.61. The zero-order valence-electron chi connectivity index (χ0n) is 12.5. The zero-order chi connectivity index (χ0) is 14.1. The van der Waals surface area contributed by atoms with Crippen LogP contribution in [0.1, 0.15) is 31.2 Å². The second-order valence-electron chi connectivity index (χ2n) is 6.34. The van der Waals surface area contributed by atoms with Crippen molar-refractivity contribution in [3.63, 3.8) is 0 Å². The summed E-state index contributed by atoms with van der Waals surface area (Å²) in [7, 11) is 0. The summed E-state index contributed by atoms with van der Waals surface area (Å²) in [6.45, 7) is 6.00. The van der Waals surface area contributed by atoms with Crippen molar-refractivity contribution in [2.75, 3.05) is 26.2 Å². The number of hydrogen-bond acceptors (Lipinski definition) is 4. The van der Waals surface area contributed by atoms with Gasteiger partial charge in [0.1, 0.15) is 5.52 Å². The van der Waals surface area contributed by atoms with Crippen LogP contribution in [0, 0.1) is 0 Å². The van der Waals surface area contributed by atoms with Crippen molar-refractivity contribution in [2.24, 2.45) is 0 Å². The SMILES string of the molecule is c1cnc2c(CN3CCCC(N4CCCC4)C3)c[nH]c2n1. The van der Waals surface area contributed by atoms with Gasteiger partial charge in [-0.2, -0.15) is 0 Å². The van der Waals surface area contributed by atoms with Crippen LogP contribution < -0.4 is 0 Å². The van der Waals surface area contributed by atoms with Crippen molar-refractivity contribution in [3.8, 4) is 0 Å². The van der Waals surface area contributed by atoms with E-state index < -0.39 is 0 Å². The Hall–Kier alpha value is -1.46. The fourth-order valence-corrected chi connectivity index (χ4v) is 3.84. The predicted molar refractivity (Wildman–Crippen MR) is 83.0 cm³/mol. The molecule has 0 amide bonds. The molecular weight excluding hydrogens is 262 g/mol. The first kappa shape index (κ1) is 13.2. The Balaban J connectivity index is 1.46. The van der Waals surface area contributed by atoms with Crippen LogP contribution in [-0.4, -0.2) is 57.0 Å². The number of nitrogens with one attached hydrogen (secondary N) is 1. The van der Waals surface area contributed by atoms with Crippen LogP contribution in [-0.2, 0) is 6.54 Å². The highest BCUT2D eigenvalue weighted by Crippen LogP contribution is 2.23. The molecule has 0 bridgehead atoms. The first-order valence-corrected chi connectivity index (χ1v) is 8.13. The Labute approximate surface area is 125 Å². The van der Waals surface area contributed by atoms with Crippen molar-refractivity contribution in [1.29, 1.82) is 0 Å². The lowest BCUT2D eigenvalue weighted by atomic mass is 10.0. The molecule has 1 unspecified atom stereocenters. The van der Waals surface area contributed by atoms with Gasteiger partial charge in [0.25, 0.3) is 0 Å². The van der Waals surface area contributed by atoms with E-state index in [1.165, 1.54) is 57.4 Å². The van der Waals surface area contributed by atoms with E-state index in [2.05, 4.69) is 30.9 Å². The molecule has 112 valence electrons. The Bertz CT molecular complexity index is 601. The van der Waals surface area contributed by atoms with E-state index in [-0.39, 0.29) is 0 Å². The predicted octanol–water partition coefficient (Wildman–Crippen LogP) is 2.02. The summed E-state index contributed by atoms with van der Waals surface area (Å²) in [5.41, 5.74) is 3.21. The molecule has 1 atom stereocenters. The van der Waals surface area contributed by atoms with E-state index in [0.717, 1.165) is 23.8 Å². The maximum atomic E-state index is 4.47. The normalized spacial score (nSPS) is 24.9. The van der Waals surface area contributed by atoms with Crippen molar-refractivity contribution >= 4 is 11.2 Å². The molecule has 0 aromatic carbocycles. The molecule has 0 spiro atoms. The van der Waals surface area contributed by atoms with Crippen LogP contribution in [0.3, 0.4) is 0 Å². The van der Waals surface area contributed by atoms with Crippen LogP contribution in [0.4, 0.5) is 0 Å². The largest absolute Gasteiger partial charge is 0.344 e. The third kappa shape index (κ3) is 2.68. The number of aromatic nitrogens is 3. The molecular formula is C16H23N5. The van der Waals surface area contributed by atoms with Crippen molar-refractivity contribution < 1.29 is 0 Å². The number of rotatable bonds is 3. The first-order valence-electron chi connectivity index (χ1n) is 8.13. The Morgan fingerprint density at radius 2 is 1.95 bits per heavy atom. The molecule has 0 radical (unpaired) electrons. The van der Waals surface area contributed by atoms with Crippen molar-refractivity contribution in [3.05, 3.63) is 24.2 Å². The maximum absolute atomic E-state index is 4.47. The van der Waals surface area contributed by atoms with Crippen LogP contribution in [0.2, 0.25) is 0 Å². The van der Waals surface area contributed by atoms with Gasteiger partial charge >= 0.3 is 0 Å². The number of piperidine rings is 1. The molecule has 2 aromatic rings. The number of H-pyrrole nitrogens is 1. The summed E-state index contributed by atoms with van der Waals surface area (Å²) in [5.74, 6) is 0. The van der Waals surface area contributed by atoms with E-state index in [1.807, 2.05) is 0 Å². The molecule has 4 rings (SSSR count). The number of hydrogen-bond donors (Lipinski definition) is 1. The monoisotopic (exact) mass is 285 g/mol. The standard InChI is InChI=1S/C16H23N5/c1-2-9-21(8-1)14-4-3-7-20(12-14)11-13-10-19-16-15(13)17-5-6-18-16/h5-6,10,14H,1-4,7-9,11-12H2,(H,18,19). The molecule has 2 saturated heterocycles. The first-order chi connectivity index (χ1) is 10.4. The quantitative estimate of drug-likeness (QED) is 0.937. The van der Waals surface area contributed by atoms with Gasteiger partial charge in [-0.3, -0.25) is 14.8 Å². The van der Waals surface area contributed by atoms with Crippen LogP contribution in [0.5, 0.6) is 0 Å². The minimum absolute atomic E-state index is 0.762. The minimum atomic E-state index is 0.762. The average Bonchev–Trinajstić information content (AvgIpc) is 3.18. The van der Waals surface area contributed by atoms with Gasteiger partial charge in [0.05, 0.1) is 0 Å². The molecule has 0 saturated carbocycles. The number of nitrogens with zero attached hydrogens (tertiary/aromatic N) is 4. The summed E-state index contributed by atoms with van der Waals surface area (Å²) < 4.78 is 0. The van der Waals surface area contributed by atoms with E-state index >= 15 is 0 Å². The van der Waals surface area contributed by atoms with Crippen LogP contribution >= 0.6 is 0 Å². The Morgan fingerprint density at radius 3 is 2.86 bits per heavy atom. The Morgan fingerprint density at radius 1 is 1.10 bits per heavy atom. The summed E-state index contributed by atoms with van der Waals surface area (Å²) >= 11 is 0. The fraction of sp³-hybridized carbons (Fsp3) is 0.625. The number of likely N-dealkylation sites (tertiary alicyclic amines) is 2. The fourth-order valence-electron chi connectivity index (χ4n) is 3.84. The summed E-state index contributed by atoms with van der Waals surface area (Å²) in [6, 6.07) is 0.762. The van der Waals surface area contributed by atoms with Gasteiger partial charge in [0, 0.05) is 43.3 Å². The van der Waals surface area contributed by atoms with E-state index in [0.29, 0.717) is 0 Å². The number of fused-ring (bicyclic) bond motifs is 1. The zero-order valence-corrected chi connectivity index (χ0v) is 12.5. The lowest BCUT2D eigenvalue weighted by Gasteiger charge is -2.37. The van der Waals surface area contributed by atoms with E-state index in [4.69, 9.17) is 0 Å². The van der Waals surface area contributed by atoms with Gasteiger partial charge in [-0.15, -0.1) is 0 Å². The van der Waals surface area contributed by atoms with Gasteiger partial charge in [0.2, 0.25) is 0 Å². The third-order valence-corrected chi connectivity index (χ3v) is 4.92. The molecule has 2 aromatic heterocycles. The topological polar surface area (TPSA) is 48.1 Å². The van der Waals surface area contributed by atoms with E-state index in [1.54, 1.807) is 12.4 Å². The summed E-state index contributed by atoms with van der Waals surface area (Å²) in [5, 5.41) is 0. The molecule has 21 heavy (non-hydrogen) atoms. The maximum Gasteiger partial charge on any atom is 0.156 e. The van der Waals surface area contributed by atoms with Gasteiger partial charge in [0.15, 0.2) is 5.65 Å². The number of aromatic amines is 1. The van der Waals surface area contributed by atoms with Crippen LogP contribution in [0.15, 0.2) is 18.6 Å². The minimum Gasteiger partial charge on any atom is -0.344 e. The molecule has 4 heterocycles. The lowest BCUT2D eigenvalue weighted by Crippen LogP contribution is -2.46. The third-order valence-electron chi connectivity index (χ3n) is 4.92. The molecule has 0 aliphatic carbocycles. The molecule has 1 N–H and O–H groups in total. The van der Waals surface area contributed by atoms with Crippen LogP contribution in [0.25, 0.3) is 11.2 Å². The summed E-state index contributed by atoms with van der Waals surface area (Å²) in [4.78, 5) is 17.3. The average molecular weight is 285 g/mol. The molecule has 2 aliphatic rings. The second-order valence-corrected chi connectivity index (χ2v) is 6.34. The van der Waals surface area contributed by atoms with Gasteiger partial charge in [-0.1, -0.05) is 0 Å². The molecule has 5 heteroatoms. The van der Waals surface area contributed by atoms with E-state index in [9.17, 15) is 0 Å². The lowest BCUT2D eigenvalue weighted by molar-refractivity contribution is 0.111. The molecule has 2 fully saturated rings. The van der Waals surface area contributed by atoms with Gasteiger partial charge < -0.3 is 4.98 Å². The second kappa shape index (κ2) is 5.73. The molecule has 5 nitrogen and oxygen atoms in total. The van der Waals surface area contributed by atoms with Crippen molar-refractivity contribution in [1.82, 2.24) is 24.8 Å². The smallest absolute Gasteiger partial charge is 0.156 e. The van der Waals surface area contributed by atoms with Gasteiger partial charge in [-0.25, -0.2) is 4.98 Å². The van der Waals surface area contributed by atoms with Gasteiger partial charge in [-0.05, 0) is 45.3 Å². The molecule has 2 aliphatic heterocycles. The highest BCUT2D eigenvalue weighted by atomic mass is 15.2.